The molecule has 5 nitrogen and oxygen atoms in total. The van der Waals surface area contributed by atoms with Crippen molar-refractivity contribution in [2.45, 2.75) is 33.9 Å². The van der Waals surface area contributed by atoms with Crippen LogP contribution in [0.4, 0.5) is 5.69 Å². The lowest BCUT2D eigenvalue weighted by Crippen LogP contribution is -2.03. The quantitative estimate of drug-likeness (QED) is 0.825. The molecule has 0 aliphatic rings. The maximum atomic E-state index is 4.46. The van der Waals surface area contributed by atoms with Crippen molar-refractivity contribution in [1.82, 2.24) is 20.0 Å². The number of anilines is 1. The first-order valence-electron chi connectivity index (χ1n) is 5.48. The highest BCUT2D eigenvalue weighted by Gasteiger charge is 2.09. The fraction of sp³-hybridized carbons (Fsp3) is 0.455. The van der Waals surface area contributed by atoms with E-state index in [1.54, 1.807) is 6.20 Å². The molecule has 0 aromatic carbocycles. The van der Waals surface area contributed by atoms with Crippen molar-refractivity contribution >= 4 is 5.69 Å². The number of hydrogen-bond donors (Lipinski definition) is 2. The average Bonchev–Trinajstić information content (AvgIpc) is 2.86. The Bertz CT molecular complexity index is 455. The smallest absolute Gasteiger partial charge is 0.0828 e. The molecule has 0 radical (unpaired) electrons. The molecular formula is C11H17N5. The molecule has 0 atom stereocenters. The Morgan fingerprint density at radius 2 is 2.25 bits per heavy atom. The molecule has 16 heavy (non-hydrogen) atoms. The summed E-state index contributed by atoms with van der Waals surface area (Å²) in [6.45, 7) is 7.85. The van der Waals surface area contributed by atoms with Crippen LogP contribution in [0.3, 0.4) is 0 Å². The fourth-order valence-electron chi connectivity index (χ4n) is 1.83. The molecule has 0 saturated carbocycles. The predicted octanol–water partition coefficient (Wildman–Crippen LogP) is 1.86. The summed E-state index contributed by atoms with van der Waals surface area (Å²) >= 11 is 0. The van der Waals surface area contributed by atoms with E-state index in [1.165, 1.54) is 5.69 Å². The maximum absolute atomic E-state index is 4.46. The topological polar surface area (TPSA) is 58.5 Å². The maximum Gasteiger partial charge on any atom is 0.0828 e. The molecule has 0 aliphatic heterocycles. The van der Waals surface area contributed by atoms with Gasteiger partial charge >= 0.3 is 0 Å². The third-order valence-corrected chi connectivity index (χ3v) is 2.70. The number of aromatic amines is 1. The van der Waals surface area contributed by atoms with Crippen LogP contribution < -0.4 is 5.32 Å². The second-order valence-corrected chi connectivity index (χ2v) is 3.80. The number of aromatic nitrogens is 4. The number of H-pyrrole nitrogens is 1. The Balaban J connectivity index is 2.12. The second kappa shape index (κ2) is 4.38. The lowest BCUT2D eigenvalue weighted by Gasteiger charge is -2.05. The van der Waals surface area contributed by atoms with Crippen LogP contribution in [0.5, 0.6) is 0 Å². The van der Waals surface area contributed by atoms with Crippen LogP contribution in [0, 0.1) is 13.8 Å². The van der Waals surface area contributed by atoms with Gasteiger partial charge in [-0.1, -0.05) is 0 Å². The normalized spacial score (nSPS) is 10.7. The van der Waals surface area contributed by atoms with Gasteiger partial charge in [0.25, 0.3) is 0 Å². The summed E-state index contributed by atoms with van der Waals surface area (Å²) in [5.74, 6) is 0. The summed E-state index contributed by atoms with van der Waals surface area (Å²) in [5.41, 5.74) is 4.41. The van der Waals surface area contributed by atoms with Gasteiger partial charge in [0.05, 0.1) is 29.3 Å². The number of hydrogen-bond acceptors (Lipinski definition) is 3. The molecule has 0 saturated heterocycles. The number of rotatable bonds is 4. The first-order chi connectivity index (χ1) is 7.72. The molecule has 2 N–H and O–H groups in total. The van der Waals surface area contributed by atoms with Crippen molar-refractivity contribution in [3.8, 4) is 0 Å². The molecule has 0 aliphatic carbocycles. The summed E-state index contributed by atoms with van der Waals surface area (Å²) in [5, 5.41) is 14.7. The Hall–Kier alpha value is -1.78. The van der Waals surface area contributed by atoms with Crippen molar-refractivity contribution in [1.29, 1.82) is 0 Å². The molecule has 0 amide bonds. The summed E-state index contributed by atoms with van der Waals surface area (Å²) in [6.07, 6.45) is 1.76. The molecule has 2 heterocycles. The van der Waals surface area contributed by atoms with Crippen molar-refractivity contribution in [3.63, 3.8) is 0 Å². The molecule has 2 rings (SSSR count). The highest BCUT2D eigenvalue weighted by Crippen LogP contribution is 2.19. The van der Waals surface area contributed by atoms with Crippen LogP contribution in [0.25, 0.3) is 0 Å². The molecule has 0 fully saturated rings. The van der Waals surface area contributed by atoms with Gasteiger partial charge in [0, 0.05) is 12.7 Å². The Morgan fingerprint density at radius 1 is 1.44 bits per heavy atom. The van der Waals surface area contributed by atoms with E-state index < -0.39 is 0 Å². The van der Waals surface area contributed by atoms with Gasteiger partial charge in [-0.25, -0.2) is 0 Å². The van der Waals surface area contributed by atoms with Crippen molar-refractivity contribution in [3.05, 3.63) is 29.3 Å². The van der Waals surface area contributed by atoms with E-state index in [1.807, 2.05) is 17.7 Å². The van der Waals surface area contributed by atoms with Crippen LogP contribution in [0.1, 0.15) is 24.0 Å². The SMILES string of the molecule is CCn1nc(C)c(NCc2ccn[nH]2)c1C. The molecule has 0 spiro atoms. The Labute approximate surface area is 94.9 Å². The van der Waals surface area contributed by atoms with Crippen molar-refractivity contribution in [2.24, 2.45) is 0 Å². The summed E-state index contributed by atoms with van der Waals surface area (Å²) < 4.78 is 2.00. The van der Waals surface area contributed by atoms with Gasteiger partial charge in [-0.05, 0) is 26.8 Å². The van der Waals surface area contributed by atoms with Gasteiger partial charge in [-0.2, -0.15) is 10.2 Å². The van der Waals surface area contributed by atoms with E-state index >= 15 is 0 Å². The molecule has 2 aromatic rings. The monoisotopic (exact) mass is 219 g/mol. The average molecular weight is 219 g/mol. The standard InChI is InChI=1S/C11H17N5/c1-4-16-9(3)11(8(2)15-16)12-7-10-5-6-13-14-10/h5-6,12H,4,7H2,1-3H3,(H,13,14). The van der Waals surface area contributed by atoms with Crippen molar-refractivity contribution < 1.29 is 0 Å². The van der Waals surface area contributed by atoms with E-state index in [-0.39, 0.29) is 0 Å². The molecule has 5 heteroatoms. The summed E-state index contributed by atoms with van der Waals surface area (Å²) in [6, 6.07) is 1.96. The minimum Gasteiger partial charge on any atom is -0.376 e. The number of aryl methyl sites for hydroxylation is 2. The summed E-state index contributed by atoms with van der Waals surface area (Å²) in [7, 11) is 0. The van der Waals surface area contributed by atoms with Gasteiger partial charge in [-0.3, -0.25) is 9.78 Å². The van der Waals surface area contributed by atoms with E-state index in [2.05, 4.69) is 34.5 Å². The molecular weight excluding hydrogens is 202 g/mol. The summed E-state index contributed by atoms with van der Waals surface area (Å²) in [4.78, 5) is 0. The van der Waals surface area contributed by atoms with Gasteiger partial charge in [-0.15, -0.1) is 0 Å². The molecule has 0 bridgehead atoms. The van der Waals surface area contributed by atoms with Gasteiger partial charge in [0.2, 0.25) is 0 Å². The zero-order chi connectivity index (χ0) is 11.5. The zero-order valence-corrected chi connectivity index (χ0v) is 9.91. The highest BCUT2D eigenvalue weighted by atomic mass is 15.3. The van der Waals surface area contributed by atoms with E-state index in [4.69, 9.17) is 0 Å². The van der Waals surface area contributed by atoms with Crippen LogP contribution in [-0.2, 0) is 13.1 Å². The molecule has 86 valence electrons. The van der Waals surface area contributed by atoms with Crippen molar-refractivity contribution in [2.75, 3.05) is 5.32 Å². The largest absolute Gasteiger partial charge is 0.376 e. The second-order valence-electron chi connectivity index (χ2n) is 3.80. The predicted molar refractivity (Wildman–Crippen MR) is 63.3 cm³/mol. The zero-order valence-electron chi connectivity index (χ0n) is 9.91. The molecule has 0 unspecified atom stereocenters. The first kappa shape index (κ1) is 10.7. The van der Waals surface area contributed by atoms with Gasteiger partial charge in [0.1, 0.15) is 0 Å². The number of nitrogens with one attached hydrogen (secondary N) is 2. The highest BCUT2D eigenvalue weighted by molar-refractivity contribution is 5.52. The van der Waals surface area contributed by atoms with Crippen LogP contribution in [0.2, 0.25) is 0 Å². The minimum atomic E-state index is 0.747. The first-order valence-corrected chi connectivity index (χ1v) is 5.48. The van der Waals surface area contributed by atoms with Crippen LogP contribution >= 0.6 is 0 Å². The Kier molecular flexibility index (Phi) is 2.94. The molecule has 2 aromatic heterocycles. The third-order valence-electron chi connectivity index (χ3n) is 2.70. The van der Waals surface area contributed by atoms with E-state index in [0.717, 1.165) is 30.2 Å². The van der Waals surface area contributed by atoms with E-state index in [0.29, 0.717) is 0 Å². The number of nitrogens with zero attached hydrogens (tertiary/aromatic N) is 3. The van der Waals surface area contributed by atoms with Crippen LogP contribution in [-0.4, -0.2) is 20.0 Å². The lowest BCUT2D eigenvalue weighted by molar-refractivity contribution is 0.634. The van der Waals surface area contributed by atoms with Gasteiger partial charge in [0.15, 0.2) is 0 Å². The Morgan fingerprint density at radius 3 is 2.81 bits per heavy atom. The van der Waals surface area contributed by atoms with Gasteiger partial charge < -0.3 is 5.32 Å². The van der Waals surface area contributed by atoms with E-state index in [9.17, 15) is 0 Å². The lowest BCUT2D eigenvalue weighted by atomic mass is 10.3. The van der Waals surface area contributed by atoms with Crippen LogP contribution in [0.15, 0.2) is 12.3 Å². The third kappa shape index (κ3) is 1.93. The fourth-order valence-corrected chi connectivity index (χ4v) is 1.83. The minimum absolute atomic E-state index is 0.747.